The molecule has 292 valence electrons. The number of nitrogens with zero attached hydrogens (tertiary/aromatic N) is 4. The van der Waals surface area contributed by atoms with Gasteiger partial charge in [-0.3, -0.25) is 14.5 Å². The zero-order valence-electron chi connectivity index (χ0n) is 31.8. The van der Waals surface area contributed by atoms with Gasteiger partial charge >= 0.3 is 18.1 Å². The molecule has 4 amide bonds. The van der Waals surface area contributed by atoms with Gasteiger partial charge in [-0.15, -0.1) is 0 Å². The Morgan fingerprint density at radius 2 is 1.56 bits per heavy atom. The van der Waals surface area contributed by atoms with Gasteiger partial charge in [0.25, 0.3) is 5.91 Å². The Morgan fingerprint density at radius 1 is 0.870 bits per heavy atom. The van der Waals surface area contributed by atoms with E-state index in [1.807, 2.05) is 60.0 Å². The van der Waals surface area contributed by atoms with E-state index in [2.05, 4.69) is 10.2 Å². The van der Waals surface area contributed by atoms with Crippen molar-refractivity contribution in [2.45, 2.75) is 77.4 Å². The predicted octanol–water partition coefficient (Wildman–Crippen LogP) is 4.88. The molecule has 5 aliphatic rings. The minimum atomic E-state index is -0.991. The zero-order valence-corrected chi connectivity index (χ0v) is 31.8. The quantitative estimate of drug-likeness (QED) is 0.357. The number of urea groups is 1. The van der Waals surface area contributed by atoms with Crippen molar-refractivity contribution in [3.63, 3.8) is 0 Å². The molecule has 1 atom stereocenters. The average molecular weight is 746 g/mol. The van der Waals surface area contributed by atoms with E-state index in [1.165, 1.54) is 0 Å². The summed E-state index contributed by atoms with van der Waals surface area (Å²) in [6.07, 6.45) is 4.65. The van der Waals surface area contributed by atoms with E-state index in [-0.39, 0.29) is 30.4 Å². The Bertz CT molecular complexity index is 1660. The van der Waals surface area contributed by atoms with Crippen LogP contribution in [0.5, 0.6) is 11.5 Å². The van der Waals surface area contributed by atoms with Crippen LogP contribution in [0, 0.1) is 18.8 Å². The number of benzene rings is 2. The number of hydrogen-bond donors (Lipinski definition) is 1. The highest BCUT2D eigenvalue weighted by Gasteiger charge is 2.37. The van der Waals surface area contributed by atoms with E-state index in [0.29, 0.717) is 95.3 Å². The number of hydrogen-bond acceptors (Lipinski definition) is 9. The summed E-state index contributed by atoms with van der Waals surface area (Å²) in [5.74, 6) is 2.10. The molecule has 0 unspecified atom stereocenters. The number of piperidine rings is 3. The first-order valence-corrected chi connectivity index (χ1v) is 19.9. The Balaban J connectivity index is 0.966. The van der Waals surface area contributed by atoms with E-state index < -0.39 is 12.2 Å². The first-order valence-electron chi connectivity index (χ1n) is 19.9. The number of amides is 4. The fourth-order valence-electron chi connectivity index (χ4n) is 8.97. The number of carbonyl (C=O) groups excluding carboxylic acids is 4. The lowest BCUT2D eigenvalue weighted by Crippen LogP contribution is -2.52. The lowest BCUT2D eigenvalue weighted by atomic mass is 9.78. The largest absolute Gasteiger partial charge is 0.486 e. The van der Waals surface area contributed by atoms with Crippen LogP contribution < -0.4 is 14.8 Å². The molecule has 0 bridgehead atoms. The summed E-state index contributed by atoms with van der Waals surface area (Å²) < 4.78 is 23.0. The Morgan fingerprint density at radius 3 is 2.30 bits per heavy atom. The van der Waals surface area contributed by atoms with E-state index in [1.54, 1.807) is 4.90 Å². The number of esters is 1. The van der Waals surface area contributed by atoms with E-state index in [4.69, 9.17) is 18.9 Å². The van der Waals surface area contributed by atoms with Gasteiger partial charge in [-0.2, -0.15) is 0 Å². The number of anilines is 1. The fraction of sp³-hybridized carbons (Fsp3) is 0.610. The van der Waals surface area contributed by atoms with Gasteiger partial charge in [-0.1, -0.05) is 24.3 Å². The number of carbonyl (C=O) groups is 4. The molecule has 0 aromatic heterocycles. The van der Waals surface area contributed by atoms with Crippen LogP contribution in [0.2, 0.25) is 0 Å². The summed E-state index contributed by atoms with van der Waals surface area (Å²) in [7, 11) is 0. The molecule has 3 saturated heterocycles. The minimum absolute atomic E-state index is 0.00702. The molecule has 0 saturated carbocycles. The number of rotatable bonds is 9. The first kappa shape index (κ1) is 37.8. The number of likely N-dealkylation sites (tertiary alicyclic amines) is 3. The summed E-state index contributed by atoms with van der Waals surface area (Å²) in [5.41, 5.74) is 3.73. The van der Waals surface area contributed by atoms with Gasteiger partial charge in [0, 0.05) is 50.9 Å². The highest BCUT2D eigenvalue weighted by Crippen LogP contribution is 2.36. The van der Waals surface area contributed by atoms with Crippen molar-refractivity contribution < 1.29 is 38.1 Å². The molecule has 1 N–H and O–H groups in total. The number of para-hydroxylation sites is 1. The molecule has 13 heteroatoms. The molecular weight excluding hydrogens is 690 g/mol. The third-order valence-electron chi connectivity index (χ3n) is 11.9. The molecule has 7 rings (SSSR count). The van der Waals surface area contributed by atoms with Crippen molar-refractivity contribution in [3.8, 4) is 11.5 Å². The second kappa shape index (κ2) is 17.3. The normalized spacial score (nSPS) is 20.8. The monoisotopic (exact) mass is 745 g/mol. The molecule has 0 radical (unpaired) electrons. The van der Waals surface area contributed by atoms with Crippen LogP contribution in [-0.4, -0.2) is 128 Å². The van der Waals surface area contributed by atoms with Crippen LogP contribution in [0.4, 0.5) is 15.3 Å². The Kier molecular flexibility index (Phi) is 12.1. The highest BCUT2D eigenvalue weighted by atomic mass is 16.6. The molecule has 2 aromatic rings. The molecule has 54 heavy (non-hydrogen) atoms. The van der Waals surface area contributed by atoms with Crippen molar-refractivity contribution in [1.29, 1.82) is 0 Å². The van der Waals surface area contributed by atoms with Gasteiger partial charge in [0.05, 0.1) is 13.2 Å². The van der Waals surface area contributed by atoms with E-state index >= 15 is 0 Å². The van der Waals surface area contributed by atoms with Crippen molar-refractivity contribution >= 4 is 29.7 Å². The molecule has 5 heterocycles. The van der Waals surface area contributed by atoms with Crippen molar-refractivity contribution in [2.24, 2.45) is 11.8 Å². The standard InChI is InChI=1S/C41H55N5O8/c1-3-51-37(47)27-43-15-8-30(9-16-43)31-10-17-44(18-11-31)39(48)36(26-29-24-28(2)38-35(25-29)52-22-23-53-38)54-41(50)45-19-13-33(14-20-45)46-21-12-32-6-4-5-7-34(32)42-40(46)49/h4-7,24-25,30-31,33,36H,3,8-23,26-27H2,1-2H3,(H,42,49)/t36-/m1/s1. The van der Waals surface area contributed by atoms with Crippen molar-refractivity contribution in [2.75, 3.05) is 77.5 Å². The summed E-state index contributed by atoms with van der Waals surface area (Å²) in [6.45, 7) is 9.97. The molecular formula is C41H55N5O8. The van der Waals surface area contributed by atoms with Crippen LogP contribution in [-0.2, 0) is 31.9 Å². The van der Waals surface area contributed by atoms with Crippen LogP contribution in [0.15, 0.2) is 36.4 Å². The summed E-state index contributed by atoms with van der Waals surface area (Å²) in [5, 5.41) is 3.06. The second-order valence-corrected chi connectivity index (χ2v) is 15.3. The van der Waals surface area contributed by atoms with E-state index in [0.717, 1.165) is 67.6 Å². The molecule has 5 aliphatic heterocycles. The smallest absolute Gasteiger partial charge is 0.410 e. The minimum Gasteiger partial charge on any atom is -0.486 e. The van der Waals surface area contributed by atoms with E-state index in [9.17, 15) is 19.2 Å². The molecule has 3 fully saturated rings. The molecule has 0 aliphatic carbocycles. The summed E-state index contributed by atoms with van der Waals surface area (Å²) in [4.78, 5) is 60.8. The van der Waals surface area contributed by atoms with Crippen LogP contribution >= 0.6 is 0 Å². The van der Waals surface area contributed by atoms with Crippen molar-refractivity contribution in [3.05, 3.63) is 53.1 Å². The maximum absolute atomic E-state index is 14.3. The molecule has 13 nitrogen and oxygen atoms in total. The summed E-state index contributed by atoms with van der Waals surface area (Å²) >= 11 is 0. The third-order valence-corrected chi connectivity index (χ3v) is 11.9. The highest BCUT2D eigenvalue weighted by molar-refractivity contribution is 5.91. The third kappa shape index (κ3) is 8.88. The Hall–Kier alpha value is -4.52. The van der Waals surface area contributed by atoms with Crippen LogP contribution in [0.3, 0.4) is 0 Å². The Labute approximate surface area is 318 Å². The SMILES string of the molecule is CCOC(=O)CN1CCC(C2CCN(C(=O)[C@@H](Cc3cc(C)c4c(c3)OCCO4)OC(=O)N3CCC(N4CCc5ccccc5NC4=O)CC3)CC2)CC1. The maximum atomic E-state index is 14.3. The lowest BCUT2D eigenvalue weighted by molar-refractivity contribution is -0.144. The number of fused-ring (bicyclic) bond motifs is 2. The van der Waals surface area contributed by atoms with Crippen LogP contribution in [0.1, 0.15) is 62.1 Å². The fourth-order valence-corrected chi connectivity index (χ4v) is 8.97. The predicted molar refractivity (Wildman–Crippen MR) is 202 cm³/mol. The molecule has 0 spiro atoms. The van der Waals surface area contributed by atoms with Gasteiger partial charge < -0.3 is 39.0 Å². The number of aryl methyl sites for hydroxylation is 1. The summed E-state index contributed by atoms with van der Waals surface area (Å²) in [6, 6.07) is 11.7. The van der Waals surface area contributed by atoms with Gasteiger partial charge in [0.2, 0.25) is 0 Å². The number of nitrogens with one attached hydrogen (secondary N) is 1. The van der Waals surface area contributed by atoms with Crippen LogP contribution in [0.25, 0.3) is 0 Å². The van der Waals surface area contributed by atoms with Gasteiger partial charge in [0.15, 0.2) is 17.6 Å². The number of ether oxygens (including phenoxy) is 4. The molecule has 2 aromatic carbocycles. The lowest BCUT2D eigenvalue weighted by Gasteiger charge is -2.41. The van der Waals surface area contributed by atoms with Gasteiger partial charge in [0.1, 0.15) is 13.2 Å². The zero-order chi connectivity index (χ0) is 37.6. The first-order chi connectivity index (χ1) is 26.2. The van der Waals surface area contributed by atoms with Gasteiger partial charge in [-0.05, 0) is 113 Å². The van der Waals surface area contributed by atoms with Gasteiger partial charge in [-0.25, -0.2) is 9.59 Å². The topological polar surface area (TPSA) is 130 Å². The second-order valence-electron chi connectivity index (χ2n) is 15.3. The van der Waals surface area contributed by atoms with Crippen molar-refractivity contribution in [1.82, 2.24) is 19.6 Å². The maximum Gasteiger partial charge on any atom is 0.410 e. The average Bonchev–Trinajstić information content (AvgIpc) is 3.36.